The van der Waals surface area contributed by atoms with Gasteiger partial charge in [0.05, 0.1) is 17.8 Å². The summed E-state index contributed by atoms with van der Waals surface area (Å²) in [5.41, 5.74) is 2.81. The van der Waals surface area contributed by atoms with Gasteiger partial charge in [0.1, 0.15) is 5.82 Å². The first-order valence-corrected chi connectivity index (χ1v) is 10.0. The van der Waals surface area contributed by atoms with E-state index in [1.165, 1.54) is 23.5 Å². The second kappa shape index (κ2) is 9.02. The highest BCUT2D eigenvalue weighted by molar-refractivity contribution is 7.15. The quantitative estimate of drug-likeness (QED) is 0.645. The van der Waals surface area contributed by atoms with Gasteiger partial charge in [0, 0.05) is 43.5 Å². The zero-order valence-corrected chi connectivity index (χ0v) is 17.8. The molecule has 1 aliphatic heterocycles. The van der Waals surface area contributed by atoms with Gasteiger partial charge in [0.15, 0.2) is 5.13 Å². The van der Waals surface area contributed by atoms with E-state index in [0.717, 1.165) is 28.2 Å². The van der Waals surface area contributed by atoms with Gasteiger partial charge >= 0.3 is 0 Å². The van der Waals surface area contributed by atoms with E-state index >= 15 is 0 Å². The Morgan fingerprint density at radius 2 is 2.24 bits per heavy atom. The SMILES string of the molecule is Cc1nc(NC(=O)[C@H]2CNC[C@@H]2c2cnn(C)c2)sc1Cc1cccc(F)c1.Cl. The fourth-order valence-electron chi connectivity index (χ4n) is 3.61. The van der Waals surface area contributed by atoms with E-state index in [-0.39, 0.29) is 36.0 Å². The summed E-state index contributed by atoms with van der Waals surface area (Å²) in [5, 5.41) is 11.1. The molecule has 2 N–H and O–H groups in total. The third-order valence-corrected chi connectivity index (χ3v) is 6.15. The molecule has 154 valence electrons. The van der Waals surface area contributed by atoms with Crippen LogP contribution in [0.5, 0.6) is 0 Å². The van der Waals surface area contributed by atoms with Crippen LogP contribution >= 0.6 is 23.7 Å². The molecule has 0 radical (unpaired) electrons. The normalized spacial score (nSPS) is 18.4. The molecule has 9 heteroatoms. The molecule has 4 rings (SSSR count). The van der Waals surface area contributed by atoms with Crippen molar-refractivity contribution in [1.82, 2.24) is 20.1 Å². The zero-order chi connectivity index (χ0) is 19.7. The highest BCUT2D eigenvalue weighted by Crippen LogP contribution is 2.30. The number of halogens is 2. The Balaban J connectivity index is 0.00000240. The molecule has 6 nitrogen and oxygen atoms in total. The highest BCUT2D eigenvalue weighted by Gasteiger charge is 2.35. The lowest BCUT2D eigenvalue weighted by atomic mass is 9.90. The summed E-state index contributed by atoms with van der Waals surface area (Å²) in [6.45, 7) is 3.30. The van der Waals surface area contributed by atoms with Crippen LogP contribution in [0.3, 0.4) is 0 Å². The summed E-state index contributed by atoms with van der Waals surface area (Å²) in [7, 11) is 1.87. The van der Waals surface area contributed by atoms with Crippen LogP contribution in [0.4, 0.5) is 9.52 Å². The third kappa shape index (κ3) is 4.83. The number of thiazole rings is 1. The number of aromatic nitrogens is 3. The lowest BCUT2D eigenvalue weighted by Gasteiger charge is -2.15. The van der Waals surface area contributed by atoms with Gasteiger partial charge in [-0.2, -0.15) is 5.10 Å². The molecule has 3 aromatic rings. The van der Waals surface area contributed by atoms with Crippen LogP contribution in [-0.4, -0.2) is 33.8 Å². The number of rotatable bonds is 5. The van der Waals surface area contributed by atoms with Crippen molar-refractivity contribution in [2.24, 2.45) is 13.0 Å². The molecule has 2 atom stereocenters. The van der Waals surface area contributed by atoms with Crippen molar-refractivity contribution >= 4 is 34.8 Å². The first kappa shape index (κ1) is 21.4. The Hall–Kier alpha value is -2.29. The van der Waals surface area contributed by atoms with Crippen LogP contribution in [0.1, 0.15) is 27.6 Å². The summed E-state index contributed by atoms with van der Waals surface area (Å²) in [4.78, 5) is 18.4. The van der Waals surface area contributed by atoms with E-state index in [2.05, 4.69) is 20.7 Å². The number of nitrogens with zero attached hydrogens (tertiary/aromatic N) is 3. The molecular formula is C20H23ClFN5OS. The number of nitrogens with one attached hydrogen (secondary N) is 2. The van der Waals surface area contributed by atoms with Gasteiger partial charge in [-0.25, -0.2) is 9.37 Å². The summed E-state index contributed by atoms with van der Waals surface area (Å²) >= 11 is 1.45. The predicted octanol–water partition coefficient (Wildman–Crippen LogP) is 3.28. The molecule has 1 saturated heterocycles. The van der Waals surface area contributed by atoms with Gasteiger partial charge in [-0.1, -0.05) is 12.1 Å². The Kier molecular flexibility index (Phi) is 6.66. The average molecular weight is 436 g/mol. The second-order valence-electron chi connectivity index (χ2n) is 7.14. The number of hydrogen-bond donors (Lipinski definition) is 2. The van der Waals surface area contributed by atoms with Crippen LogP contribution < -0.4 is 10.6 Å². The molecule has 1 amide bonds. The smallest absolute Gasteiger partial charge is 0.231 e. The van der Waals surface area contributed by atoms with Gasteiger partial charge in [-0.05, 0) is 30.2 Å². The zero-order valence-electron chi connectivity index (χ0n) is 16.2. The summed E-state index contributed by atoms with van der Waals surface area (Å²) < 4.78 is 15.2. The molecule has 0 unspecified atom stereocenters. The fourth-order valence-corrected chi connectivity index (χ4v) is 4.61. The monoisotopic (exact) mass is 435 g/mol. The Morgan fingerprint density at radius 3 is 2.97 bits per heavy atom. The van der Waals surface area contributed by atoms with Crippen molar-refractivity contribution in [3.8, 4) is 0 Å². The lowest BCUT2D eigenvalue weighted by molar-refractivity contribution is -0.119. The number of hydrogen-bond acceptors (Lipinski definition) is 5. The molecule has 1 fully saturated rings. The maximum absolute atomic E-state index is 13.4. The first-order chi connectivity index (χ1) is 13.5. The van der Waals surface area contributed by atoms with E-state index < -0.39 is 0 Å². The van der Waals surface area contributed by atoms with Crippen molar-refractivity contribution in [2.45, 2.75) is 19.3 Å². The third-order valence-electron chi connectivity index (χ3n) is 5.08. The molecule has 1 aromatic carbocycles. The lowest BCUT2D eigenvalue weighted by Crippen LogP contribution is -2.28. The maximum Gasteiger partial charge on any atom is 0.231 e. The van der Waals surface area contributed by atoms with Gasteiger partial charge in [-0.3, -0.25) is 9.48 Å². The van der Waals surface area contributed by atoms with E-state index in [1.54, 1.807) is 10.7 Å². The Labute approximate surface area is 179 Å². The molecule has 0 aliphatic carbocycles. The summed E-state index contributed by atoms with van der Waals surface area (Å²) in [5.74, 6) is -0.352. The van der Waals surface area contributed by atoms with Crippen molar-refractivity contribution in [3.05, 3.63) is 64.2 Å². The van der Waals surface area contributed by atoms with Gasteiger partial charge in [0.2, 0.25) is 5.91 Å². The number of aryl methyl sites for hydroxylation is 2. The fraction of sp³-hybridized carbons (Fsp3) is 0.350. The molecule has 0 bridgehead atoms. The van der Waals surface area contributed by atoms with Crippen LogP contribution in [0, 0.1) is 18.7 Å². The Morgan fingerprint density at radius 1 is 1.41 bits per heavy atom. The minimum atomic E-state index is -0.247. The van der Waals surface area contributed by atoms with Crippen LogP contribution in [-0.2, 0) is 18.3 Å². The van der Waals surface area contributed by atoms with E-state index in [1.807, 2.05) is 32.4 Å². The number of benzene rings is 1. The molecular weight excluding hydrogens is 413 g/mol. The van der Waals surface area contributed by atoms with Gasteiger partial charge in [-0.15, -0.1) is 23.7 Å². The predicted molar refractivity (Wildman–Crippen MR) is 114 cm³/mol. The first-order valence-electron chi connectivity index (χ1n) is 9.20. The molecule has 0 spiro atoms. The van der Waals surface area contributed by atoms with Crippen molar-refractivity contribution in [3.63, 3.8) is 0 Å². The highest BCUT2D eigenvalue weighted by atomic mass is 35.5. The molecule has 2 aromatic heterocycles. The largest absolute Gasteiger partial charge is 0.315 e. The number of amides is 1. The van der Waals surface area contributed by atoms with Crippen molar-refractivity contribution < 1.29 is 9.18 Å². The summed E-state index contributed by atoms with van der Waals surface area (Å²) in [6, 6.07) is 6.56. The van der Waals surface area contributed by atoms with E-state index in [4.69, 9.17) is 0 Å². The summed E-state index contributed by atoms with van der Waals surface area (Å²) in [6.07, 6.45) is 4.38. The standard InChI is InChI=1S/C20H22FN5OS.ClH/c1-12-18(7-13-4-3-5-15(21)6-13)28-20(24-12)25-19(27)17-10-22-9-16(17)14-8-23-26(2)11-14;/h3-6,8,11,16-17,22H,7,9-10H2,1-2H3,(H,24,25,27);1H/t16-,17+;/m1./s1. The van der Waals surface area contributed by atoms with Crippen LogP contribution in [0.25, 0.3) is 0 Å². The topological polar surface area (TPSA) is 71.8 Å². The number of carbonyl (C=O) groups excluding carboxylic acids is 1. The van der Waals surface area contributed by atoms with Gasteiger partial charge in [0.25, 0.3) is 0 Å². The number of carbonyl (C=O) groups is 1. The van der Waals surface area contributed by atoms with Gasteiger partial charge < -0.3 is 10.6 Å². The van der Waals surface area contributed by atoms with Crippen LogP contribution in [0.15, 0.2) is 36.7 Å². The molecule has 1 aliphatic rings. The minimum Gasteiger partial charge on any atom is -0.315 e. The minimum absolute atomic E-state index is 0. The Bertz CT molecular complexity index is 1000. The second-order valence-corrected chi connectivity index (χ2v) is 8.23. The number of anilines is 1. The molecule has 29 heavy (non-hydrogen) atoms. The average Bonchev–Trinajstić information content (AvgIpc) is 3.36. The molecule has 0 saturated carbocycles. The maximum atomic E-state index is 13.4. The van der Waals surface area contributed by atoms with Crippen LogP contribution in [0.2, 0.25) is 0 Å². The van der Waals surface area contributed by atoms with E-state index in [0.29, 0.717) is 18.1 Å². The van der Waals surface area contributed by atoms with E-state index in [9.17, 15) is 9.18 Å². The van der Waals surface area contributed by atoms with Crippen molar-refractivity contribution in [1.29, 1.82) is 0 Å². The molecule has 3 heterocycles. The van der Waals surface area contributed by atoms with Crippen molar-refractivity contribution in [2.75, 3.05) is 18.4 Å².